The van der Waals surface area contributed by atoms with Crippen molar-refractivity contribution >= 4 is 73.3 Å². The van der Waals surface area contributed by atoms with Gasteiger partial charge in [-0.1, -0.05) is 15.9 Å². The Morgan fingerprint density at radius 2 is 2.17 bits per heavy atom. The number of rotatable bonds is 1. The fourth-order valence-electron chi connectivity index (χ4n) is 0.736. The molecule has 12 heavy (non-hydrogen) atoms. The van der Waals surface area contributed by atoms with Crippen LogP contribution in [0.4, 0.5) is 0 Å². The van der Waals surface area contributed by atoms with Gasteiger partial charge < -0.3 is 5.11 Å². The summed E-state index contributed by atoms with van der Waals surface area (Å²) >= 11 is 3.18. The molecule has 0 bridgehead atoms. The minimum absolute atomic E-state index is 0. The summed E-state index contributed by atoms with van der Waals surface area (Å²) in [5.41, 5.74) is 0.758. The normalized spacial score (nSPS) is 8.83. The Balaban J connectivity index is 0.00000121. The number of aromatic nitrogens is 1. The maximum atomic E-state index is 10.4. The maximum absolute atomic E-state index is 10.4. The molecule has 0 saturated carbocycles. The van der Waals surface area contributed by atoms with Gasteiger partial charge in [0.15, 0.2) is 0 Å². The average molecular weight is 256 g/mol. The molecule has 0 unspecified atom stereocenters. The van der Waals surface area contributed by atoms with Crippen molar-refractivity contribution in [1.82, 2.24) is 4.98 Å². The summed E-state index contributed by atoms with van der Waals surface area (Å²) in [4.78, 5) is 14.2. The first-order valence-corrected chi connectivity index (χ1v) is 3.76. The van der Waals surface area contributed by atoms with Crippen molar-refractivity contribution < 1.29 is 9.90 Å². The van der Waals surface area contributed by atoms with Crippen molar-refractivity contribution in [2.45, 2.75) is 6.92 Å². The number of halogens is 1. The van der Waals surface area contributed by atoms with E-state index in [4.69, 9.17) is 5.11 Å². The van der Waals surface area contributed by atoms with Crippen LogP contribution in [0.2, 0.25) is 0 Å². The van der Waals surface area contributed by atoms with Gasteiger partial charge in [0, 0.05) is 10.2 Å². The van der Waals surface area contributed by atoms with Crippen LogP contribution in [0.25, 0.3) is 0 Å². The zero-order chi connectivity index (χ0) is 8.43. The van der Waals surface area contributed by atoms with Crippen molar-refractivity contribution in [2.75, 3.05) is 0 Å². The van der Waals surface area contributed by atoms with Crippen molar-refractivity contribution in [3.63, 3.8) is 0 Å². The van der Waals surface area contributed by atoms with Gasteiger partial charge in [0.2, 0.25) is 0 Å². The Hall–Kier alpha value is 0.736. The van der Waals surface area contributed by atoms with E-state index in [1.54, 1.807) is 13.0 Å². The molecular weight excluding hydrogens is 249 g/mol. The Labute approximate surface area is 121 Å². The standard InChI is InChI=1S/C7H6BrNO2.K.H/c1-4-2-5(8)3-6(9-4)7(10)11;;/h2-3H,1H3,(H,10,11);;. The fraction of sp³-hybridized carbons (Fsp3) is 0.143. The first-order valence-electron chi connectivity index (χ1n) is 2.97. The van der Waals surface area contributed by atoms with Crippen LogP contribution < -0.4 is 0 Å². The molecule has 0 atom stereocenters. The molecule has 5 heteroatoms. The number of carboxylic acid groups (broad SMARTS) is 1. The summed E-state index contributed by atoms with van der Waals surface area (Å²) in [5.74, 6) is -1.01. The van der Waals surface area contributed by atoms with Gasteiger partial charge in [0.25, 0.3) is 0 Å². The van der Waals surface area contributed by atoms with E-state index < -0.39 is 5.97 Å². The molecule has 3 nitrogen and oxygen atoms in total. The number of hydrogen-bond donors (Lipinski definition) is 1. The second kappa shape index (κ2) is 5.46. The molecule has 0 aromatic carbocycles. The van der Waals surface area contributed by atoms with E-state index in [0.717, 1.165) is 4.47 Å². The molecule has 1 aromatic heterocycles. The summed E-state index contributed by atoms with van der Waals surface area (Å²) in [5, 5.41) is 8.55. The third kappa shape index (κ3) is 3.63. The van der Waals surface area contributed by atoms with E-state index in [1.165, 1.54) is 6.07 Å². The third-order valence-corrected chi connectivity index (χ3v) is 1.60. The molecule has 0 fully saturated rings. The van der Waals surface area contributed by atoms with Crippen molar-refractivity contribution in [1.29, 1.82) is 0 Å². The van der Waals surface area contributed by atoms with Gasteiger partial charge in [0.05, 0.1) is 0 Å². The number of carbonyl (C=O) groups is 1. The summed E-state index contributed by atoms with van der Waals surface area (Å²) in [6.07, 6.45) is 0. The molecule has 0 radical (unpaired) electrons. The second-order valence-electron chi connectivity index (χ2n) is 2.12. The van der Waals surface area contributed by atoms with Gasteiger partial charge in [-0.25, -0.2) is 9.78 Å². The van der Waals surface area contributed by atoms with Gasteiger partial charge in [-0.15, -0.1) is 0 Å². The van der Waals surface area contributed by atoms with Gasteiger partial charge in [-0.2, -0.15) is 0 Å². The number of nitrogens with zero attached hydrogens (tertiary/aromatic N) is 1. The Morgan fingerprint density at radius 3 is 2.58 bits per heavy atom. The summed E-state index contributed by atoms with van der Waals surface area (Å²) in [6, 6.07) is 3.22. The van der Waals surface area contributed by atoms with Crippen LogP contribution in [0.15, 0.2) is 16.6 Å². The second-order valence-corrected chi connectivity index (χ2v) is 3.03. The fourth-order valence-corrected chi connectivity index (χ4v) is 1.28. The SMILES string of the molecule is Cc1cc(Br)cc(C(=O)O)n1.[KH]. The first-order chi connectivity index (χ1) is 5.09. The number of pyridine rings is 1. The topological polar surface area (TPSA) is 50.2 Å². The number of aromatic carboxylic acids is 1. The van der Waals surface area contributed by atoms with Gasteiger partial charge >= 0.3 is 57.4 Å². The predicted molar refractivity (Wildman–Crippen MR) is 50.8 cm³/mol. The molecule has 0 aliphatic carbocycles. The van der Waals surface area contributed by atoms with Gasteiger partial charge in [0.1, 0.15) is 5.69 Å². The van der Waals surface area contributed by atoms with Crippen LogP contribution in [-0.4, -0.2) is 67.4 Å². The van der Waals surface area contributed by atoms with Crippen LogP contribution in [0, 0.1) is 6.92 Å². The monoisotopic (exact) mass is 255 g/mol. The summed E-state index contributed by atoms with van der Waals surface area (Å²) < 4.78 is 0.738. The van der Waals surface area contributed by atoms with Crippen LogP contribution in [0.1, 0.15) is 16.2 Å². The molecule has 1 N–H and O–H groups in total. The van der Waals surface area contributed by atoms with Gasteiger partial charge in [-0.3, -0.25) is 0 Å². The van der Waals surface area contributed by atoms with Crippen LogP contribution in [0.5, 0.6) is 0 Å². The molecule has 60 valence electrons. The van der Waals surface area contributed by atoms with Crippen LogP contribution in [0.3, 0.4) is 0 Å². The van der Waals surface area contributed by atoms with E-state index in [1.807, 2.05) is 0 Å². The zero-order valence-electron chi connectivity index (χ0n) is 5.84. The van der Waals surface area contributed by atoms with Crippen molar-refractivity contribution in [3.8, 4) is 0 Å². The van der Waals surface area contributed by atoms with Gasteiger partial charge in [-0.05, 0) is 19.1 Å². The molecule has 1 aromatic rings. The van der Waals surface area contributed by atoms with Crippen LogP contribution >= 0.6 is 15.9 Å². The number of aryl methyl sites for hydroxylation is 1. The van der Waals surface area contributed by atoms with Crippen molar-refractivity contribution in [2.24, 2.45) is 0 Å². The molecule has 0 spiro atoms. The zero-order valence-corrected chi connectivity index (χ0v) is 7.42. The molecule has 0 saturated heterocycles. The molecule has 1 rings (SSSR count). The molecule has 0 aliphatic rings. The quantitative estimate of drug-likeness (QED) is 0.768. The Kier molecular flexibility index (Phi) is 5.80. The van der Waals surface area contributed by atoms with E-state index >= 15 is 0 Å². The molecule has 0 aliphatic heterocycles. The van der Waals surface area contributed by atoms with E-state index in [0.29, 0.717) is 5.69 Å². The molecular formula is C7H7BrKNO2. The average Bonchev–Trinajstić information content (AvgIpc) is 1.85. The number of hydrogen-bond acceptors (Lipinski definition) is 2. The Bertz CT molecular complexity index is 283. The number of carboxylic acids is 1. The van der Waals surface area contributed by atoms with E-state index in [9.17, 15) is 4.79 Å². The summed E-state index contributed by atoms with van der Waals surface area (Å²) in [7, 11) is 0. The third-order valence-electron chi connectivity index (χ3n) is 1.14. The Morgan fingerprint density at radius 1 is 1.58 bits per heavy atom. The van der Waals surface area contributed by atoms with Crippen molar-refractivity contribution in [3.05, 3.63) is 28.0 Å². The first kappa shape index (κ1) is 12.7. The summed E-state index contributed by atoms with van der Waals surface area (Å²) in [6.45, 7) is 1.75. The van der Waals surface area contributed by atoms with Crippen LogP contribution in [-0.2, 0) is 0 Å². The van der Waals surface area contributed by atoms with E-state index in [2.05, 4.69) is 20.9 Å². The van der Waals surface area contributed by atoms with E-state index in [-0.39, 0.29) is 57.1 Å². The molecule has 0 amide bonds. The minimum atomic E-state index is -1.01. The predicted octanol–water partition coefficient (Wildman–Crippen LogP) is 1.20. The molecule has 1 heterocycles.